The van der Waals surface area contributed by atoms with Crippen molar-refractivity contribution in [2.75, 3.05) is 6.54 Å². The van der Waals surface area contributed by atoms with E-state index in [0.717, 1.165) is 11.3 Å². The Bertz CT molecular complexity index is 494. The predicted molar refractivity (Wildman–Crippen MR) is 59.5 cm³/mol. The van der Waals surface area contributed by atoms with Gasteiger partial charge in [0.2, 0.25) is 0 Å². The molecular weight excluding hydrogens is 220 g/mol. The number of carbonyl (C=O) groups is 1. The van der Waals surface area contributed by atoms with Crippen LogP contribution in [0.5, 0.6) is 0 Å². The van der Waals surface area contributed by atoms with Crippen molar-refractivity contribution in [3.63, 3.8) is 0 Å². The molecule has 2 bridgehead atoms. The zero-order valence-electron chi connectivity index (χ0n) is 9.83. The van der Waals surface area contributed by atoms with Gasteiger partial charge in [0.05, 0.1) is 25.0 Å². The van der Waals surface area contributed by atoms with Gasteiger partial charge in [-0.25, -0.2) is 4.79 Å². The molecule has 1 unspecified atom stereocenters. The number of carbonyl (C=O) groups excluding carboxylic acids is 1. The highest BCUT2D eigenvalue weighted by Crippen LogP contribution is 2.37. The average molecular weight is 234 g/mol. The Balaban J connectivity index is 1.98. The van der Waals surface area contributed by atoms with E-state index < -0.39 is 0 Å². The smallest absolute Gasteiger partial charge is 0.354 e. The van der Waals surface area contributed by atoms with Gasteiger partial charge in [0.25, 0.3) is 0 Å². The molecule has 0 N–H and O–H groups in total. The van der Waals surface area contributed by atoms with Crippen molar-refractivity contribution in [1.82, 2.24) is 19.7 Å². The van der Waals surface area contributed by atoms with Gasteiger partial charge < -0.3 is 9.74 Å². The molecule has 90 valence electrons. The highest BCUT2D eigenvalue weighted by atomic mass is 16.7. The Morgan fingerprint density at radius 3 is 3.18 bits per heavy atom. The normalized spacial score (nSPS) is 22.5. The quantitative estimate of drug-likeness (QED) is 0.722. The highest BCUT2D eigenvalue weighted by molar-refractivity contribution is 5.77. The minimum absolute atomic E-state index is 0.0452. The molecule has 1 atom stereocenters. The fourth-order valence-electron chi connectivity index (χ4n) is 2.37. The van der Waals surface area contributed by atoms with E-state index in [-0.39, 0.29) is 12.1 Å². The van der Waals surface area contributed by atoms with Crippen molar-refractivity contribution in [2.45, 2.75) is 19.5 Å². The lowest BCUT2D eigenvalue weighted by Gasteiger charge is -2.21. The number of amides is 2. The van der Waals surface area contributed by atoms with Gasteiger partial charge >= 0.3 is 6.03 Å². The molecular formula is C11H14N4O2. The summed E-state index contributed by atoms with van der Waals surface area (Å²) in [6.45, 7) is 3.13. The Labute approximate surface area is 99.0 Å². The molecule has 1 aromatic rings. The van der Waals surface area contributed by atoms with Crippen LogP contribution >= 0.6 is 0 Å². The van der Waals surface area contributed by atoms with E-state index in [9.17, 15) is 4.79 Å². The van der Waals surface area contributed by atoms with Crippen LogP contribution in [0.2, 0.25) is 0 Å². The fourth-order valence-corrected chi connectivity index (χ4v) is 2.37. The minimum Gasteiger partial charge on any atom is -0.383 e. The van der Waals surface area contributed by atoms with Crippen molar-refractivity contribution < 1.29 is 9.63 Å². The van der Waals surface area contributed by atoms with Gasteiger partial charge in [-0.05, 0) is 13.0 Å². The van der Waals surface area contributed by atoms with E-state index in [4.69, 9.17) is 4.84 Å². The van der Waals surface area contributed by atoms with Crippen LogP contribution in [0.4, 0.5) is 4.79 Å². The number of urea groups is 1. The number of allylic oxidation sites excluding steroid dienone is 1. The van der Waals surface area contributed by atoms with Crippen LogP contribution in [0.15, 0.2) is 18.5 Å². The maximum atomic E-state index is 12.0. The number of hydrogen-bond acceptors (Lipinski definition) is 3. The molecule has 0 spiro atoms. The van der Waals surface area contributed by atoms with Crippen LogP contribution in [0.25, 0.3) is 0 Å². The van der Waals surface area contributed by atoms with Crippen molar-refractivity contribution in [2.24, 2.45) is 7.05 Å². The molecule has 3 heterocycles. The molecule has 1 aromatic heterocycles. The van der Waals surface area contributed by atoms with Gasteiger partial charge in [-0.15, -0.1) is 5.06 Å². The van der Waals surface area contributed by atoms with Gasteiger partial charge in [-0.2, -0.15) is 5.10 Å². The second-order valence-corrected chi connectivity index (χ2v) is 4.25. The largest absolute Gasteiger partial charge is 0.383 e. The third kappa shape index (κ3) is 1.33. The molecule has 0 aromatic carbocycles. The number of aryl methyl sites for hydroxylation is 1. The number of aromatic nitrogens is 2. The minimum atomic E-state index is -0.0794. The van der Waals surface area contributed by atoms with Gasteiger partial charge in [0, 0.05) is 12.6 Å². The molecule has 2 amide bonds. The van der Waals surface area contributed by atoms with Crippen molar-refractivity contribution in [3.05, 3.63) is 29.8 Å². The molecule has 1 saturated heterocycles. The van der Waals surface area contributed by atoms with E-state index in [1.54, 1.807) is 11.0 Å². The molecule has 2 aliphatic rings. The van der Waals surface area contributed by atoms with Gasteiger partial charge in [-0.3, -0.25) is 4.68 Å². The molecule has 0 aliphatic carbocycles. The summed E-state index contributed by atoms with van der Waals surface area (Å²) in [6.07, 6.45) is 5.10. The molecule has 6 nitrogen and oxygen atoms in total. The average Bonchev–Trinajstić information content (AvgIpc) is 2.81. The molecule has 2 aliphatic heterocycles. The number of hydroxylamine groups is 2. The zero-order valence-corrected chi connectivity index (χ0v) is 9.83. The monoisotopic (exact) mass is 234 g/mol. The van der Waals surface area contributed by atoms with E-state index in [0.29, 0.717) is 13.1 Å². The second kappa shape index (κ2) is 3.51. The maximum absolute atomic E-state index is 12.0. The van der Waals surface area contributed by atoms with E-state index >= 15 is 0 Å². The summed E-state index contributed by atoms with van der Waals surface area (Å²) in [5, 5.41) is 5.66. The number of hydrogen-bond donors (Lipinski definition) is 0. The molecule has 6 heteroatoms. The first kappa shape index (κ1) is 10.2. The molecule has 3 rings (SSSR count). The number of fused-ring (bicyclic) bond motifs is 4. The maximum Gasteiger partial charge on any atom is 0.354 e. The Kier molecular flexibility index (Phi) is 2.10. The van der Waals surface area contributed by atoms with Crippen LogP contribution in [0.1, 0.15) is 24.2 Å². The van der Waals surface area contributed by atoms with Crippen molar-refractivity contribution >= 4 is 6.03 Å². The van der Waals surface area contributed by atoms with Gasteiger partial charge in [0.15, 0.2) is 0 Å². The van der Waals surface area contributed by atoms with Gasteiger partial charge in [0.1, 0.15) is 12.3 Å². The third-order valence-corrected chi connectivity index (χ3v) is 3.24. The lowest BCUT2D eigenvalue weighted by molar-refractivity contribution is -0.0723. The van der Waals surface area contributed by atoms with Crippen LogP contribution in [0.3, 0.4) is 0 Å². The summed E-state index contributed by atoms with van der Waals surface area (Å²) in [5.74, 6) is 0. The van der Waals surface area contributed by atoms with Crippen LogP contribution in [-0.2, 0) is 18.4 Å². The first-order valence-corrected chi connectivity index (χ1v) is 5.59. The number of rotatable bonds is 2. The topological polar surface area (TPSA) is 50.6 Å². The highest BCUT2D eigenvalue weighted by Gasteiger charge is 2.45. The van der Waals surface area contributed by atoms with E-state index in [2.05, 4.69) is 5.10 Å². The molecule has 1 fully saturated rings. The second-order valence-electron chi connectivity index (χ2n) is 4.25. The lowest BCUT2D eigenvalue weighted by Crippen LogP contribution is -2.30. The van der Waals surface area contributed by atoms with Crippen LogP contribution < -0.4 is 0 Å². The lowest BCUT2D eigenvalue weighted by atomic mass is 10.1. The summed E-state index contributed by atoms with van der Waals surface area (Å²) in [7, 11) is 1.90. The molecule has 17 heavy (non-hydrogen) atoms. The summed E-state index contributed by atoms with van der Waals surface area (Å²) >= 11 is 0. The first-order chi connectivity index (χ1) is 8.22. The summed E-state index contributed by atoms with van der Waals surface area (Å²) in [5.41, 5.74) is 2.17. The van der Waals surface area contributed by atoms with Gasteiger partial charge in [-0.1, -0.05) is 0 Å². The number of nitrogens with zero attached hydrogens (tertiary/aromatic N) is 4. The first-order valence-electron chi connectivity index (χ1n) is 5.59. The van der Waals surface area contributed by atoms with Crippen molar-refractivity contribution in [3.8, 4) is 0 Å². The third-order valence-electron chi connectivity index (χ3n) is 3.24. The van der Waals surface area contributed by atoms with Crippen LogP contribution in [-0.4, -0.2) is 32.3 Å². The molecule has 0 saturated carbocycles. The Morgan fingerprint density at radius 2 is 2.41 bits per heavy atom. The fraction of sp³-hybridized carbons (Fsp3) is 0.455. The zero-order chi connectivity index (χ0) is 12.0. The van der Waals surface area contributed by atoms with E-state index in [1.807, 2.05) is 24.9 Å². The summed E-state index contributed by atoms with van der Waals surface area (Å²) in [6, 6.07) is -0.125. The standard InChI is InChI=1S/C11H14N4O2/c1-3-4-17-15-10-7-14(11(15)16)6-9-8(10)5-12-13(9)2/h3-5,10H,6-7H2,1-2H3. The summed E-state index contributed by atoms with van der Waals surface area (Å²) in [4.78, 5) is 19.2. The molecule has 0 radical (unpaired) electrons. The Morgan fingerprint density at radius 1 is 1.59 bits per heavy atom. The predicted octanol–water partition coefficient (Wildman–Crippen LogP) is 1.18. The SMILES string of the molecule is CC=CON1C(=O)N2Cc3c(cnn3C)C1C2. The van der Waals surface area contributed by atoms with Crippen LogP contribution in [0, 0.1) is 0 Å². The summed E-state index contributed by atoms with van der Waals surface area (Å²) < 4.78 is 1.82. The van der Waals surface area contributed by atoms with Crippen molar-refractivity contribution in [1.29, 1.82) is 0 Å². The van der Waals surface area contributed by atoms with E-state index in [1.165, 1.54) is 11.3 Å². The Hall–Kier alpha value is -1.98.